The van der Waals surface area contributed by atoms with E-state index in [9.17, 15) is 9.90 Å². The summed E-state index contributed by atoms with van der Waals surface area (Å²) in [5, 5.41) is 14.0. The van der Waals surface area contributed by atoms with Gasteiger partial charge >= 0.3 is 5.97 Å². The number of aromatic carboxylic acids is 1. The fraction of sp³-hybridized carbons (Fsp3) is 0.286. The summed E-state index contributed by atoms with van der Waals surface area (Å²) in [7, 11) is 1.53. The number of fused-ring (bicyclic) bond motifs is 1. The first kappa shape index (κ1) is 13.9. The SMILES string of the molecule is COc1cc(-n2nc(C(=O)O)c3c2CCOC3)ccc1Cl. The van der Waals surface area contributed by atoms with Crippen molar-refractivity contribution in [1.29, 1.82) is 0 Å². The van der Waals surface area contributed by atoms with Gasteiger partial charge in [-0.2, -0.15) is 5.10 Å². The molecule has 110 valence electrons. The quantitative estimate of drug-likeness (QED) is 0.942. The second kappa shape index (κ2) is 5.38. The van der Waals surface area contributed by atoms with Crippen LogP contribution in [0.15, 0.2) is 18.2 Å². The Kier molecular flexibility index (Phi) is 3.57. The molecule has 0 radical (unpaired) electrons. The number of nitrogens with zero attached hydrogens (tertiary/aromatic N) is 2. The van der Waals surface area contributed by atoms with Crippen LogP contribution >= 0.6 is 11.6 Å². The van der Waals surface area contributed by atoms with Crippen molar-refractivity contribution < 1.29 is 19.4 Å². The van der Waals surface area contributed by atoms with Crippen LogP contribution in [0.2, 0.25) is 5.02 Å². The van der Waals surface area contributed by atoms with E-state index in [0.29, 0.717) is 35.1 Å². The topological polar surface area (TPSA) is 73.6 Å². The maximum atomic E-state index is 11.3. The van der Waals surface area contributed by atoms with E-state index in [2.05, 4.69) is 5.10 Å². The van der Waals surface area contributed by atoms with E-state index in [0.717, 1.165) is 5.69 Å². The van der Waals surface area contributed by atoms with Gasteiger partial charge < -0.3 is 14.6 Å². The molecular weight excluding hydrogens is 296 g/mol. The van der Waals surface area contributed by atoms with E-state index in [4.69, 9.17) is 21.1 Å². The van der Waals surface area contributed by atoms with Crippen molar-refractivity contribution in [3.63, 3.8) is 0 Å². The number of methoxy groups -OCH3 is 1. The second-order valence-corrected chi connectivity index (χ2v) is 5.02. The van der Waals surface area contributed by atoms with Crippen molar-refractivity contribution in [2.45, 2.75) is 13.0 Å². The van der Waals surface area contributed by atoms with Crippen molar-refractivity contribution in [3.8, 4) is 11.4 Å². The van der Waals surface area contributed by atoms with Crippen molar-refractivity contribution in [2.24, 2.45) is 0 Å². The predicted molar refractivity (Wildman–Crippen MR) is 75.4 cm³/mol. The summed E-state index contributed by atoms with van der Waals surface area (Å²) in [4.78, 5) is 11.3. The van der Waals surface area contributed by atoms with E-state index in [1.807, 2.05) is 0 Å². The molecule has 0 bridgehead atoms. The summed E-state index contributed by atoms with van der Waals surface area (Å²) in [5.74, 6) is -0.543. The number of ether oxygens (including phenoxy) is 2. The molecule has 0 saturated carbocycles. The van der Waals surface area contributed by atoms with Crippen LogP contribution in [0.3, 0.4) is 0 Å². The summed E-state index contributed by atoms with van der Waals surface area (Å²) in [6.45, 7) is 0.810. The molecular formula is C14H13ClN2O4. The maximum Gasteiger partial charge on any atom is 0.356 e. The second-order valence-electron chi connectivity index (χ2n) is 4.61. The summed E-state index contributed by atoms with van der Waals surface area (Å²) < 4.78 is 12.2. The van der Waals surface area contributed by atoms with Gasteiger partial charge in [0.2, 0.25) is 0 Å². The number of rotatable bonds is 3. The Morgan fingerprint density at radius 1 is 1.52 bits per heavy atom. The van der Waals surface area contributed by atoms with Crippen LogP contribution < -0.4 is 4.74 Å². The van der Waals surface area contributed by atoms with E-state index >= 15 is 0 Å². The molecule has 0 unspecified atom stereocenters. The van der Waals surface area contributed by atoms with Crippen molar-refractivity contribution in [3.05, 3.63) is 40.2 Å². The summed E-state index contributed by atoms with van der Waals surface area (Å²) in [6, 6.07) is 5.21. The summed E-state index contributed by atoms with van der Waals surface area (Å²) in [5.41, 5.74) is 2.21. The van der Waals surface area contributed by atoms with Crippen LogP contribution in [0, 0.1) is 0 Å². The number of hydrogen-bond donors (Lipinski definition) is 1. The smallest absolute Gasteiger partial charge is 0.356 e. The van der Waals surface area contributed by atoms with Crippen molar-refractivity contribution >= 4 is 17.6 Å². The molecule has 3 rings (SSSR count). The fourth-order valence-corrected chi connectivity index (χ4v) is 2.60. The Hall–Kier alpha value is -2.05. The lowest BCUT2D eigenvalue weighted by Crippen LogP contribution is -2.13. The minimum atomic E-state index is -1.06. The average Bonchev–Trinajstić information content (AvgIpc) is 2.88. The van der Waals surface area contributed by atoms with Crippen LogP contribution in [0.25, 0.3) is 5.69 Å². The van der Waals surface area contributed by atoms with E-state index in [1.54, 1.807) is 22.9 Å². The Balaban J connectivity index is 2.16. The molecule has 0 aliphatic carbocycles. The normalized spacial score (nSPS) is 13.8. The highest BCUT2D eigenvalue weighted by Gasteiger charge is 2.26. The zero-order valence-electron chi connectivity index (χ0n) is 11.3. The first-order valence-corrected chi connectivity index (χ1v) is 6.75. The molecule has 2 heterocycles. The van der Waals surface area contributed by atoms with Gasteiger partial charge in [0.15, 0.2) is 5.69 Å². The first-order valence-electron chi connectivity index (χ1n) is 6.37. The minimum absolute atomic E-state index is 0.0265. The van der Waals surface area contributed by atoms with Gasteiger partial charge in [-0.1, -0.05) is 11.6 Å². The molecule has 6 nitrogen and oxygen atoms in total. The third kappa shape index (κ3) is 2.36. The Labute approximate surface area is 125 Å². The highest BCUT2D eigenvalue weighted by Crippen LogP contribution is 2.29. The number of aromatic nitrogens is 2. The van der Waals surface area contributed by atoms with E-state index in [-0.39, 0.29) is 12.3 Å². The van der Waals surface area contributed by atoms with E-state index < -0.39 is 5.97 Å². The molecule has 0 amide bonds. The lowest BCUT2D eigenvalue weighted by molar-refractivity contribution is 0.0677. The number of hydrogen-bond acceptors (Lipinski definition) is 4. The molecule has 0 fully saturated rings. The number of halogens is 1. The molecule has 0 saturated heterocycles. The van der Waals surface area contributed by atoms with Crippen LogP contribution in [0.1, 0.15) is 21.7 Å². The average molecular weight is 309 g/mol. The van der Waals surface area contributed by atoms with Gasteiger partial charge in [-0.3, -0.25) is 0 Å². The van der Waals surface area contributed by atoms with Crippen LogP contribution in [0.4, 0.5) is 0 Å². The van der Waals surface area contributed by atoms with E-state index in [1.165, 1.54) is 7.11 Å². The van der Waals surface area contributed by atoms with Crippen molar-refractivity contribution in [1.82, 2.24) is 9.78 Å². The number of carbonyl (C=O) groups is 1. The van der Waals surface area contributed by atoms with Crippen molar-refractivity contribution in [2.75, 3.05) is 13.7 Å². The third-order valence-corrected chi connectivity index (χ3v) is 3.71. The molecule has 1 aliphatic heterocycles. The summed E-state index contributed by atoms with van der Waals surface area (Å²) in [6.07, 6.45) is 0.612. The molecule has 1 aromatic carbocycles. The van der Waals surface area contributed by atoms with Crippen LogP contribution in [-0.2, 0) is 17.8 Å². The standard InChI is InChI=1S/C14H13ClN2O4/c1-20-12-6-8(2-3-10(12)15)17-11-4-5-21-7-9(11)13(16-17)14(18)19/h2-3,6H,4-5,7H2,1H3,(H,18,19). The molecule has 7 heteroatoms. The highest BCUT2D eigenvalue weighted by molar-refractivity contribution is 6.32. The zero-order chi connectivity index (χ0) is 15.0. The zero-order valence-corrected chi connectivity index (χ0v) is 12.1. The summed E-state index contributed by atoms with van der Waals surface area (Å²) >= 11 is 6.01. The molecule has 1 N–H and O–H groups in total. The van der Waals surface area contributed by atoms with Gasteiger partial charge in [0.05, 0.1) is 36.7 Å². The van der Waals surface area contributed by atoms with Gasteiger partial charge in [-0.15, -0.1) is 0 Å². The highest BCUT2D eigenvalue weighted by atomic mass is 35.5. The van der Waals surface area contributed by atoms with Crippen LogP contribution in [-0.4, -0.2) is 34.6 Å². The van der Waals surface area contributed by atoms with Gasteiger partial charge in [0.1, 0.15) is 5.75 Å². The monoisotopic (exact) mass is 308 g/mol. The first-order chi connectivity index (χ1) is 10.1. The number of carboxylic acid groups (broad SMARTS) is 1. The predicted octanol–water partition coefficient (Wildman–Crippen LogP) is 2.31. The minimum Gasteiger partial charge on any atom is -0.495 e. The van der Waals surface area contributed by atoms with Gasteiger partial charge in [0.25, 0.3) is 0 Å². The molecule has 0 atom stereocenters. The third-order valence-electron chi connectivity index (χ3n) is 3.40. The molecule has 1 aliphatic rings. The number of carboxylic acids is 1. The Morgan fingerprint density at radius 3 is 3.05 bits per heavy atom. The lowest BCUT2D eigenvalue weighted by atomic mass is 10.1. The Bertz CT molecular complexity index is 711. The van der Waals surface area contributed by atoms with Gasteiger partial charge in [-0.05, 0) is 12.1 Å². The molecule has 0 spiro atoms. The van der Waals surface area contributed by atoms with Gasteiger partial charge in [-0.25, -0.2) is 9.48 Å². The van der Waals surface area contributed by atoms with Gasteiger partial charge in [0, 0.05) is 18.1 Å². The largest absolute Gasteiger partial charge is 0.495 e. The maximum absolute atomic E-state index is 11.3. The fourth-order valence-electron chi connectivity index (χ4n) is 2.40. The lowest BCUT2D eigenvalue weighted by Gasteiger charge is -2.15. The molecule has 2 aromatic rings. The van der Waals surface area contributed by atoms with Crippen LogP contribution in [0.5, 0.6) is 5.75 Å². The molecule has 1 aromatic heterocycles. The number of benzene rings is 1. The Morgan fingerprint density at radius 2 is 2.33 bits per heavy atom. The molecule has 21 heavy (non-hydrogen) atoms.